The highest BCUT2D eigenvalue weighted by molar-refractivity contribution is 5.83. The van der Waals surface area contributed by atoms with Crippen molar-refractivity contribution in [3.63, 3.8) is 0 Å². The van der Waals surface area contributed by atoms with Crippen molar-refractivity contribution in [3.8, 4) is 17.3 Å². The topological polar surface area (TPSA) is 116 Å². The molecule has 0 bridgehead atoms. The maximum absolute atomic E-state index is 13.9. The van der Waals surface area contributed by atoms with Gasteiger partial charge in [-0.1, -0.05) is 0 Å². The Morgan fingerprint density at radius 1 is 1.06 bits per heavy atom. The smallest absolute Gasteiger partial charge is 0.295 e. The van der Waals surface area contributed by atoms with Crippen LogP contribution in [0.3, 0.4) is 0 Å². The first-order chi connectivity index (χ1) is 17.5. The highest BCUT2D eigenvalue weighted by Gasteiger charge is 2.28. The standard InChI is InChI=1S/C26H28N8O2/c1-31-10-12-32(13-11-31)25-26(36)34(18-2-4-19(35)5-3-18)24-22(30-25)7-6-21(29-24)20-16-28-33-9-8-17(15-27)14-23(20)33/h6-9,14,16,18-19,35H,2-5,10-13H2,1H3. The fourth-order valence-electron chi connectivity index (χ4n) is 5.35. The Bertz CT molecular complexity index is 1540. The van der Waals surface area contributed by atoms with Crippen LogP contribution >= 0.6 is 0 Å². The molecule has 0 atom stereocenters. The molecule has 10 heteroatoms. The molecule has 1 saturated heterocycles. The summed E-state index contributed by atoms with van der Waals surface area (Å²) < 4.78 is 3.53. The van der Waals surface area contributed by atoms with Crippen molar-refractivity contribution in [2.45, 2.75) is 37.8 Å². The maximum Gasteiger partial charge on any atom is 0.295 e. The van der Waals surface area contributed by atoms with Crippen molar-refractivity contribution < 1.29 is 5.11 Å². The third-order valence-electron chi connectivity index (χ3n) is 7.48. The third kappa shape index (κ3) is 3.90. The van der Waals surface area contributed by atoms with E-state index >= 15 is 0 Å². The second-order valence-electron chi connectivity index (χ2n) is 9.82. The highest BCUT2D eigenvalue weighted by atomic mass is 16.3. The number of hydrogen-bond acceptors (Lipinski definition) is 8. The number of nitriles is 1. The molecule has 1 N–H and O–H groups in total. The molecule has 5 heterocycles. The largest absolute Gasteiger partial charge is 0.393 e. The van der Waals surface area contributed by atoms with E-state index in [0.29, 0.717) is 41.1 Å². The van der Waals surface area contributed by atoms with Crippen LogP contribution in [0.2, 0.25) is 0 Å². The minimum absolute atomic E-state index is 0.0468. The van der Waals surface area contributed by atoms with E-state index in [1.165, 1.54) is 0 Å². The van der Waals surface area contributed by atoms with E-state index in [-0.39, 0.29) is 17.7 Å². The quantitative estimate of drug-likeness (QED) is 0.471. The minimum atomic E-state index is -0.321. The van der Waals surface area contributed by atoms with Crippen molar-refractivity contribution in [2.75, 3.05) is 38.1 Å². The number of piperazine rings is 1. The Kier molecular flexibility index (Phi) is 5.66. The number of anilines is 1. The maximum atomic E-state index is 13.9. The van der Waals surface area contributed by atoms with E-state index < -0.39 is 0 Å². The zero-order valence-electron chi connectivity index (χ0n) is 20.2. The Labute approximate surface area is 208 Å². The number of pyridine rings is 2. The van der Waals surface area contributed by atoms with Gasteiger partial charge in [0.2, 0.25) is 0 Å². The van der Waals surface area contributed by atoms with Gasteiger partial charge < -0.3 is 14.9 Å². The molecule has 36 heavy (non-hydrogen) atoms. The van der Waals surface area contributed by atoms with Gasteiger partial charge in [0.15, 0.2) is 11.5 Å². The van der Waals surface area contributed by atoms with Gasteiger partial charge in [-0.25, -0.2) is 14.5 Å². The molecular weight excluding hydrogens is 456 g/mol. The van der Waals surface area contributed by atoms with Crippen molar-refractivity contribution in [1.82, 2.24) is 29.0 Å². The molecule has 1 aliphatic heterocycles. The molecule has 0 spiro atoms. The van der Waals surface area contributed by atoms with Crippen LogP contribution < -0.4 is 10.5 Å². The molecule has 6 rings (SSSR count). The summed E-state index contributed by atoms with van der Waals surface area (Å²) in [5.41, 5.74) is 3.88. The number of aliphatic hydroxyl groups is 1. The van der Waals surface area contributed by atoms with E-state index in [1.807, 2.05) is 16.7 Å². The predicted octanol–water partition coefficient (Wildman–Crippen LogP) is 2.21. The van der Waals surface area contributed by atoms with E-state index in [2.05, 4.69) is 28.0 Å². The lowest BCUT2D eigenvalue weighted by atomic mass is 9.93. The van der Waals surface area contributed by atoms with Crippen LogP contribution in [0.1, 0.15) is 37.3 Å². The zero-order chi connectivity index (χ0) is 24.8. The van der Waals surface area contributed by atoms with Gasteiger partial charge in [-0.2, -0.15) is 10.4 Å². The van der Waals surface area contributed by atoms with Gasteiger partial charge in [0.25, 0.3) is 5.56 Å². The van der Waals surface area contributed by atoms with Crippen LogP contribution in [-0.4, -0.2) is 73.5 Å². The summed E-state index contributed by atoms with van der Waals surface area (Å²) in [6.45, 7) is 3.27. The van der Waals surface area contributed by atoms with Crippen LogP contribution in [0.4, 0.5) is 5.82 Å². The van der Waals surface area contributed by atoms with E-state index in [0.717, 1.165) is 50.1 Å². The summed E-state index contributed by atoms with van der Waals surface area (Å²) in [6, 6.07) is 9.46. The van der Waals surface area contributed by atoms with E-state index in [1.54, 1.807) is 29.0 Å². The third-order valence-corrected chi connectivity index (χ3v) is 7.48. The average molecular weight is 485 g/mol. The molecule has 1 aliphatic carbocycles. The minimum Gasteiger partial charge on any atom is -0.393 e. The molecule has 1 saturated carbocycles. The molecule has 0 radical (unpaired) electrons. The van der Waals surface area contributed by atoms with Crippen LogP contribution in [0.15, 0.2) is 41.5 Å². The van der Waals surface area contributed by atoms with Crippen LogP contribution in [0, 0.1) is 11.3 Å². The molecule has 2 aliphatic rings. The fraction of sp³-hybridized carbons (Fsp3) is 0.423. The van der Waals surface area contributed by atoms with Crippen molar-refractivity contribution in [1.29, 1.82) is 5.26 Å². The number of likely N-dealkylation sites (N-methyl/N-ethyl adjacent to an activating group) is 1. The second kappa shape index (κ2) is 9.00. The number of rotatable bonds is 3. The summed E-state index contributed by atoms with van der Waals surface area (Å²) in [5.74, 6) is 0.478. The molecule has 2 fully saturated rings. The molecule has 4 aromatic rings. The Balaban J connectivity index is 1.52. The molecule has 10 nitrogen and oxygen atoms in total. The number of fused-ring (bicyclic) bond motifs is 2. The number of aliphatic hydroxyl groups excluding tert-OH is 1. The SMILES string of the molecule is CN1CCN(c2nc3ccc(-c4cnn5ccc(C#N)cc45)nc3n(C3CCC(O)CC3)c2=O)CC1. The lowest BCUT2D eigenvalue weighted by molar-refractivity contribution is 0.111. The summed E-state index contributed by atoms with van der Waals surface area (Å²) in [4.78, 5) is 28.0. The van der Waals surface area contributed by atoms with Gasteiger partial charge >= 0.3 is 0 Å². The number of aromatic nitrogens is 5. The summed E-state index contributed by atoms with van der Waals surface area (Å²) in [5, 5.41) is 23.9. The van der Waals surface area contributed by atoms with Gasteiger partial charge in [0, 0.05) is 44.0 Å². The van der Waals surface area contributed by atoms with Crippen molar-refractivity contribution >= 4 is 22.5 Å². The first-order valence-electron chi connectivity index (χ1n) is 12.4. The second-order valence-corrected chi connectivity index (χ2v) is 9.82. The zero-order valence-corrected chi connectivity index (χ0v) is 20.2. The Morgan fingerprint density at radius 3 is 2.58 bits per heavy atom. The van der Waals surface area contributed by atoms with Crippen LogP contribution in [0.25, 0.3) is 27.9 Å². The van der Waals surface area contributed by atoms with Crippen LogP contribution in [-0.2, 0) is 0 Å². The number of nitrogens with zero attached hydrogens (tertiary/aromatic N) is 8. The fourth-order valence-corrected chi connectivity index (χ4v) is 5.35. The predicted molar refractivity (Wildman–Crippen MR) is 136 cm³/mol. The average Bonchev–Trinajstić information content (AvgIpc) is 3.32. The Hall–Kier alpha value is -3.81. The monoisotopic (exact) mass is 484 g/mol. The van der Waals surface area contributed by atoms with Gasteiger partial charge in [-0.05, 0) is 57.0 Å². The molecule has 184 valence electrons. The molecule has 0 unspecified atom stereocenters. The van der Waals surface area contributed by atoms with Gasteiger partial charge in [0.05, 0.1) is 35.1 Å². The lowest BCUT2D eigenvalue weighted by Crippen LogP contribution is -2.47. The Morgan fingerprint density at radius 2 is 1.83 bits per heavy atom. The van der Waals surface area contributed by atoms with E-state index in [9.17, 15) is 15.2 Å². The molecule has 4 aromatic heterocycles. The van der Waals surface area contributed by atoms with Gasteiger partial charge in [0.1, 0.15) is 5.52 Å². The van der Waals surface area contributed by atoms with Crippen molar-refractivity contribution in [3.05, 3.63) is 52.6 Å². The molecule has 0 amide bonds. The van der Waals surface area contributed by atoms with Gasteiger partial charge in [-0.15, -0.1) is 0 Å². The first-order valence-corrected chi connectivity index (χ1v) is 12.4. The molecule has 0 aromatic carbocycles. The van der Waals surface area contributed by atoms with Gasteiger partial charge in [-0.3, -0.25) is 9.36 Å². The molecular formula is C26H28N8O2. The normalized spacial score (nSPS) is 21.2. The summed E-state index contributed by atoms with van der Waals surface area (Å²) in [6.07, 6.45) is 5.93. The summed E-state index contributed by atoms with van der Waals surface area (Å²) in [7, 11) is 2.09. The highest BCUT2D eigenvalue weighted by Crippen LogP contribution is 2.31. The first kappa shape index (κ1) is 22.6. The van der Waals surface area contributed by atoms with Crippen LogP contribution in [0.5, 0.6) is 0 Å². The number of hydrogen-bond donors (Lipinski definition) is 1. The lowest BCUT2D eigenvalue weighted by Gasteiger charge is -2.34. The van der Waals surface area contributed by atoms with E-state index in [4.69, 9.17) is 9.97 Å². The summed E-state index contributed by atoms with van der Waals surface area (Å²) >= 11 is 0. The van der Waals surface area contributed by atoms with Crippen molar-refractivity contribution in [2.24, 2.45) is 0 Å².